The highest BCUT2D eigenvalue weighted by Gasteiger charge is 2.46. The van der Waals surface area contributed by atoms with E-state index in [0.29, 0.717) is 14.8 Å². The lowest BCUT2D eigenvalue weighted by Crippen LogP contribution is -2.46. The first-order valence-electron chi connectivity index (χ1n) is 10.2. The van der Waals surface area contributed by atoms with Crippen molar-refractivity contribution in [2.75, 3.05) is 18.1 Å². The molecule has 1 saturated heterocycles. The number of esters is 1. The molecule has 1 fully saturated rings. The molecule has 1 unspecified atom stereocenters. The summed E-state index contributed by atoms with van der Waals surface area (Å²) in [5, 5.41) is 0. The third-order valence-electron chi connectivity index (χ3n) is 5.31. The Kier molecular flexibility index (Phi) is 6.82. The van der Waals surface area contributed by atoms with E-state index in [1.807, 2.05) is 29.5 Å². The zero-order chi connectivity index (χ0) is 23.6. The van der Waals surface area contributed by atoms with Crippen molar-refractivity contribution >= 4 is 50.2 Å². The molecule has 3 aromatic rings. The second kappa shape index (κ2) is 9.62. The van der Waals surface area contributed by atoms with Gasteiger partial charge in [0.25, 0.3) is 0 Å². The van der Waals surface area contributed by atoms with Crippen molar-refractivity contribution < 1.29 is 22.7 Å². The van der Waals surface area contributed by atoms with E-state index in [4.69, 9.17) is 4.74 Å². The van der Waals surface area contributed by atoms with Crippen LogP contribution in [0.1, 0.15) is 15.9 Å². The van der Waals surface area contributed by atoms with Crippen LogP contribution >= 0.6 is 22.6 Å². The van der Waals surface area contributed by atoms with Crippen molar-refractivity contribution in [1.29, 1.82) is 0 Å². The van der Waals surface area contributed by atoms with Crippen molar-refractivity contribution in [2.24, 2.45) is 0 Å². The minimum Gasteiger partial charge on any atom is -0.458 e. The molecule has 1 aliphatic rings. The smallest absolute Gasteiger partial charge is 0.339 e. The van der Waals surface area contributed by atoms with Gasteiger partial charge < -0.3 is 4.74 Å². The Morgan fingerprint density at radius 1 is 1.00 bits per heavy atom. The summed E-state index contributed by atoms with van der Waals surface area (Å²) in [5.74, 6) is -0.979. The SMILES string of the molecule is Cc1ccc(S(=O)(=O)N2CC(=O)N(c3ccccc3)C2COC(=O)c2ccccc2I)cc1. The molecule has 1 heterocycles. The fraction of sp³-hybridized carbons (Fsp3) is 0.167. The lowest BCUT2D eigenvalue weighted by Gasteiger charge is -2.29. The third-order valence-corrected chi connectivity index (χ3v) is 8.11. The van der Waals surface area contributed by atoms with Gasteiger partial charge in [-0.1, -0.05) is 48.0 Å². The Labute approximate surface area is 206 Å². The number of anilines is 1. The highest BCUT2D eigenvalue weighted by molar-refractivity contribution is 14.1. The van der Waals surface area contributed by atoms with Gasteiger partial charge in [0.15, 0.2) is 0 Å². The Morgan fingerprint density at radius 3 is 2.30 bits per heavy atom. The molecule has 7 nitrogen and oxygen atoms in total. The van der Waals surface area contributed by atoms with E-state index in [9.17, 15) is 18.0 Å². The standard InChI is InChI=1S/C24H21IN2O5S/c1-17-11-13-19(14-12-17)33(30,31)26-15-23(28)27(18-7-3-2-4-8-18)22(26)16-32-24(29)20-9-5-6-10-21(20)25/h2-14,22H,15-16H2,1H3. The number of amides is 1. The van der Waals surface area contributed by atoms with Crippen LogP contribution in [-0.2, 0) is 19.6 Å². The van der Waals surface area contributed by atoms with Crippen LogP contribution in [0, 0.1) is 10.5 Å². The molecule has 1 amide bonds. The van der Waals surface area contributed by atoms with E-state index in [2.05, 4.69) is 0 Å². The molecule has 0 radical (unpaired) electrons. The van der Waals surface area contributed by atoms with Crippen LogP contribution in [0.5, 0.6) is 0 Å². The lowest BCUT2D eigenvalue weighted by molar-refractivity contribution is -0.116. The summed E-state index contributed by atoms with van der Waals surface area (Å²) in [7, 11) is -4.02. The topological polar surface area (TPSA) is 84.0 Å². The van der Waals surface area contributed by atoms with Crippen molar-refractivity contribution in [3.63, 3.8) is 0 Å². The first-order valence-corrected chi connectivity index (χ1v) is 12.7. The summed E-state index contributed by atoms with van der Waals surface area (Å²) < 4.78 is 34.2. The number of sulfonamides is 1. The van der Waals surface area contributed by atoms with Gasteiger partial charge in [0.05, 0.1) is 17.0 Å². The maximum absolute atomic E-state index is 13.5. The van der Waals surface area contributed by atoms with E-state index in [-0.39, 0.29) is 18.0 Å². The van der Waals surface area contributed by atoms with Crippen LogP contribution in [0.2, 0.25) is 0 Å². The van der Waals surface area contributed by atoms with Gasteiger partial charge in [0.2, 0.25) is 15.9 Å². The number of halogens is 1. The number of para-hydroxylation sites is 1. The number of carbonyl (C=O) groups is 2. The van der Waals surface area contributed by atoms with Crippen molar-refractivity contribution in [2.45, 2.75) is 18.0 Å². The second-order valence-electron chi connectivity index (χ2n) is 7.52. The van der Waals surface area contributed by atoms with Crippen LogP contribution in [0.3, 0.4) is 0 Å². The summed E-state index contributed by atoms with van der Waals surface area (Å²) >= 11 is 2.04. The molecule has 33 heavy (non-hydrogen) atoms. The molecule has 0 N–H and O–H groups in total. The van der Waals surface area contributed by atoms with Crippen molar-refractivity contribution in [3.05, 3.63) is 93.6 Å². The molecule has 0 spiro atoms. The normalized spacial score (nSPS) is 16.7. The van der Waals surface area contributed by atoms with Gasteiger partial charge in [0.1, 0.15) is 12.8 Å². The van der Waals surface area contributed by atoms with Crippen LogP contribution < -0.4 is 4.90 Å². The fourth-order valence-corrected chi connectivity index (χ4v) is 5.73. The molecule has 170 valence electrons. The van der Waals surface area contributed by atoms with Gasteiger partial charge in [0, 0.05) is 9.26 Å². The minimum atomic E-state index is -4.02. The Morgan fingerprint density at radius 2 is 1.64 bits per heavy atom. The average Bonchev–Trinajstić information content (AvgIpc) is 3.15. The molecular formula is C24H21IN2O5S. The number of rotatable bonds is 6. The molecule has 1 atom stereocenters. The second-order valence-corrected chi connectivity index (χ2v) is 10.6. The Hall–Kier alpha value is -2.76. The van der Waals surface area contributed by atoms with Crippen LogP contribution in [0.15, 0.2) is 83.8 Å². The monoisotopic (exact) mass is 576 g/mol. The van der Waals surface area contributed by atoms with Crippen LogP contribution in [-0.4, -0.2) is 43.9 Å². The largest absolute Gasteiger partial charge is 0.458 e. The van der Waals surface area contributed by atoms with E-state index in [1.54, 1.807) is 66.7 Å². The number of benzene rings is 3. The van der Waals surface area contributed by atoms with E-state index in [0.717, 1.165) is 9.87 Å². The summed E-state index contributed by atoms with van der Waals surface area (Å²) in [6.45, 7) is 1.20. The predicted octanol–water partition coefficient (Wildman–Crippen LogP) is 3.82. The highest BCUT2D eigenvalue weighted by atomic mass is 127. The number of aryl methyl sites for hydroxylation is 1. The van der Waals surface area contributed by atoms with Gasteiger partial charge in [-0.25, -0.2) is 13.2 Å². The minimum absolute atomic E-state index is 0.0738. The third kappa shape index (κ3) is 4.80. The number of ether oxygens (including phenoxy) is 1. The molecule has 3 aromatic carbocycles. The molecule has 4 rings (SSSR count). The molecule has 0 aliphatic carbocycles. The van der Waals surface area contributed by atoms with Crippen LogP contribution in [0.4, 0.5) is 5.69 Å². The number of hydrogen-bond acceptors (Lipinski definition) is 5. The van der Waals surface area contributed by atoms with Crippen LogP contribution in [0.25, 0.3) is 0 Å². The zero-order valence-corrected chi connectivity index (χ0v) is 20.7. The quantitative estimate of drug-likeness (QED) is 0.329. The fourth-order valence-electron chi connectivity index (χ4n) is 3.62. The number of hydrogen-bond donors (Lipinski definition) is 0. The molecule has 0 saturated carbocycles. The van der Waals surface area contributed by atoms with Gasteiger partial charge in [-0.3, -0.25) is 9.69 Å². The summed E-state index contributed by atoms with van der Waals surface area (Å²) in [6.07, 6.45) is -1.02. The molecule has 0 aromatic heterocycles. The zero-order valence-electron chi connectivity index (χ0n) is 17.7. The summed E-state index contributed by atoms with van der Waals surface area (Å²) in [4.78, 5) is 27.1. The van der Waals surface area contributed by atoms with E-state index >= 15 is 0 Å². The first kappa shape index (κ1) is 23.4. The summed E-state index contributed by atoms with van der Waals surface area (Å²) in [6, 6.07) is 22.1. The number of nitrogens with zero attached hydrogens (tertiary/aromatic N) is 2. The van der Waals surface area contributed by atoms with Crippen molar-refractivity contribution in [3.8, 4) is 0 Å². The number of carbonyl (C=O) groups excluding carboxylic acids is 2. The maximum atomic E-state index is 13.5. The van der Waals surface area contributed by atoms with Gasteiger partial charge in [-0.2, -0.15) is 4.31 Å². The molecular weight excluding hydrogens is 555 g/mol. The molecule has 9 heteroatoms. The van der Waals surface area contributed by atoms with Gasteiger partial charge in [-0.15, -0.1) is 0 Å². The van der Waals surface area contributed by atoms with E-state index in [1.165, 1.54) is 17.0 Å². The van der Waals surface area contributed by atoms with Gasteiger partial charge >= 0.3 is 5.97 Å². The predicted molar refractivity (Wildman–Crippen MR) is 132 cm³/mol. The Balaban J connectivity index is 1.68. The molecule has 1 aliphatic heterocycles. The van der Waals surface area contributed by atoms with E-state index < -0.39 is 28.1 Å². The molecule has 0 bridgehead atoms. The maximum Gasteiger partial charge on any atom is 0.339 e. The average molecular weight is 576 g/mol. The Bertz CT molecular complexity index is 1280. The first-order chi connectivity index (χ1) is 15.8. The van der Waals surface area contributed by atoms with Gasteiger partial charge in [-0.05, 0) is 65.9 Å². The van der Waals surface area contributed by atoms with Crippen molar-refractivity contribution in [1.82, 2.24) is 4.31 Å². The lowest BCUT2D eigenvalue weighted by atomic mass is 10.2. The highest BCUT2D eigenvalue weighted by Crippen LogP contribution is 2.30. The summed E-state index contributed by atoms with van der Waals surface area (Å²) in [5.41, 5.74) is 1.82.